The van der Waals surface area contributed by atoms with Crippen LogP contribution in [0.15, 0.2) is 29.2 Å². The molecule has 0 bridgehead atoms. The molecule has 1 saturated carbocycles. The number of nitrogens with one attached hydrogen (secondary N) is 1. The molecule has 2 aliphatic rings. The molecule has 2 aromatic rings. The van der Waals surface area contributed by atoms with Crippen LogP contribution >= 0.6 is 11.6 Å². The van der Waals surface area contributed by atoms with Gasteiger partial charge in [-0.2, -0.15) is 4.39 Å². The van der Waals surface area contributed by atoms with Crippen LogP contribution in [0.3, 0.4) is 0 Å². The van der Waals surface area contributed by atoms with Crippen LogP contribution in [-0.2, 0) is 10.0 Å². The molecule has 2 atom stereocenters. The third-order valence-corrected chi connectivity index (χ3v) is 8.25. The molecule has 1 saturated heterocycles. The van der Waals surface area contributed by atoms with E-state index in [1.165, 1.54) is 12.1 Å². The molecule has 0 radical (unpaired) electrons. The van der Waals surface area contributed by atoms with Gasteiger partial charge in [0.2, 0.25) is 5.95 Å². The molecular formula is C21H24ClF3N4O2S. The number of benzene rings is 1. The Balaban J connectivity index is 1.61. The van der Waals surface area contributed by atoms with E-state index in [0.29, 0.717) is 19.1 Å². The van der Waals surface area contributed by atoms with E-state index >= 15 is 4.39 Å². The maximum absolute atomic E-state index is 15.1. The number of halogens is 4. The van der Waals surface area contributed by atoms with Crippen LogP contribution in [0.25, 0.3) is 0 Å². The van der Waals surface area contributed by atoms with Crippen LogP contribution < -0.4 is 9.62 Å². The van der Waals surface area contributed by atoms with Crippen molar-refractivity contribution in [1.29, 1.82) is 0 Å². The first-order chi connectivity index (χ1) is 15.0. The summed E-state index contributed by atoms with van der Waals surface area (Å²) in [6.07, 6.45) is 3.96. The first-order valence-electron chi connectivity index (χ1n) is 10.3. The van der Waals surface area contributed by atoms with Crippen LogP contribution in [0, 0.1) is 23.0 Å². The van der Waals surface area contributed by atoms with Crippen LogP contribution in [0.1, 0.15) is 25.7 Å². The van der Waals surface area contributed by atoms with Crippen molar-refractivity contribution in [2.75, 3.05) is 36.8 Å². The standard InChI is InChI=1S/C21H24ClF3N4O2S/c1-28(2)13-6-7-21(11-13)8-9-29(12-21)15-10-14(23)20(19(25)18(15)22)32(30,31)27-17-5-3-4-16(24)26-17/h3-5,10,13H,6-9,11-12H2,1-2H3,(H,26,27)/t13?,21-/m0/s1. The van der Waals surface area contributed by atoms with Gasteiger partial charge in [-0.05, 0) is 57.3 Å². The van der Waals surface area contributed by atoms with Gasteiger partial charge in [0, 0.05) is 25.2 Å². The smallest absolute Gasteiger partial charge is 0.268 e. The summed E-state index contributed by atoms with van der Waals surface area (Å²) in [4.78, 5) is 6.16. The average Bonchev–Trinajstić information content (AvgIpc) is 3.31. The molecule has 1 N–H and O–H groups in total. The largest absolute Gasteiger partial charge is 0.370 e. The van der Waals surface area contributed by atoms with Gasteiger partial charge in [-0.1, -0.05) is 17.7 Å². The van der Waals surface area contributed by atoms with Gasteiger partial charge in [0.25, 0.3) is 10.0 Å². The Morgan fingerprint density at radius 3 is 2.66 bits per heavy atom. The van der Waals surface area contributed by atoms with Crippen LogP contribution in [0.4, 0.5) is 24.7 Å². The lowest BCUT2D eigenvalue weighted by atomic mass is 9.85. The zero-order chi connectivity index (χ0) is 23.3. The van der Waals surface area contributed by atoms with E-state index in [9.17, 15) is 17.2 Å². The average molecular weight is 489 g/mol. The van der Waals surface area contributed by atoms with Crippen molar-refractivity contribution in [1.82, 2.24) is 9.88 Å². The summed E-state index contributed by atoms with van der Waals surface area (Å²) in [5.41, 5.74) is 0.190. The summed E-state index contributed by atoms with van der Waals surface area (Å²) in [5.74, 6) is -4.00. The molecule has 0 amide bonds. The van der Waals surface area contributed by atoms with E-state index in [-0.39, 0.29) is 11.1 Å². The minimum atomic E-state index is -4.73. The number of nitrogens with zero attached hydrogens (tertiary/aromatic N) is 3. The number of aromatic nitrogens is 1. The summed E-state index contributed by atoms with van der Waals surface area (Å²) in [6.45, 7) is 1.18. The Labute approximate surface area is 190 Å². The third kappa shape index (κ3) is 4.27. The van der Waals surface area contributed by atoms with Crippen molar-refractivity contribution in [3.05, 3.63) is 46.9 Å². The number of sulfonamides is 1. The summed E-state index contributed by atoms with van der Waals surface area (Å²) in [5, 5.41) is -0.460. The minimum Gasteiger partial charge on any atom is -0.370 e. The molecule has 2 heterocycles. The molecule has 1 aromatic carbocycles. The second kappa shape index (κ2) is 8.39. The van der Waals surface area contributed by atoms with E-state index in [1.54, 1.807) is 0 Å². The van der Waals surface area contributed by atoms with Gasteiger partial charge in [-0.15, -0.1) is 0 Å². The molecule has 4 rings (SSSR count). The Morgan fingerprint density at radius 2 is 2.00 bits per heavy atom. The van der Waals surface area contributed by atoms with E-state index in [2.05, 4.69) is 9.88 Å². The van der Waals surface area contributed by atoms with E-state index in [1.807, 2.05) is 23.7 Å². The van der Waals surface area contributed by atoms with Gasteiger partial charge in [0.05, 0.1) is 5.69 Å². The lowest BCUT2D eigenvalue weighted by Gasteiger charge is -2.27. The fourth-order valence-electron chi connectivity index (χ4n) is 4.83. The quantitative estimate of drug-likeness (QED) is 0.503. The van der Waals surface area contributed by atoms with Gasteiger partial charge in [-0.25, -0.2) is 22.2 Å². The summed E-state index contributed by atoms with van der Waals surface area (Å²) < 4.78 is 70.4. The summed E-state index contributed by atoms with van der Waals surface area (Å²) in [6, 6.07) is 4.82. The molecular weight excluding hydrogens is 465 g/mol. The molecule has 174 valence electrons. The molecule has 1 unspecified atom stereocenters. The minimum absolute atomic E-state index is 0.0561. The number of pyridine rings is 1. The van der Waals surface area contributed by atoms with Crippen LogP contribution in [0.2, 0.25) is 5.02 Å². The Hall–Kier alpha value is -2.04. The zero-order valence-corrected chi connectivity index (χ0v) is 19.3. The maximum atomic E-state index is 15.1. The van der Waals surface area contributed by atoms with Crippen LogP contribution in [0.5, 0.6) is 0 Å². The normalized spacial score (nSPS) is 23.5. The van der Waals surface area contributed by atoms with Crippen molar-refractivity contribution in [2.45, 2.75) is 36.6 Å². The predicted octanol–water partition coefficient (Wildman–Crippen LogP) is 4.26. The highest BCUT2D eigenvalue weighted by molar-refractivity contribution is 7.92. The van der Waals surface area contributed by atoms with Crippen molar-refractivity contribution >= 4 is 33.1 Å². The molecule has 1 aromatic heterocycles. The highest BCUT2D eigenvalue weighted by atomic mass is 35.5. The van der Waals surface area contributed by atoms with Crippen molar-refractivity contribution in [3.8, 4) is 0 Å². The monoisotopic (exact) mass is 488 g/mol. The van der Waals surface area contributed by atoms with Crippen molar-refractivity contribution in [2.24, 2.45) is 5.41 Å². The topological polar surface area (TPSA) is 65.5 Å². The van der Waals surface area contributed by atoms with E-state index < -0.39 is 43.3 Å². The SMILES string of the molecule is CN(C)C1CC[C@]2(CCN(c3cc(F)c(S(=O)(=O)Nc4cccc(F)n4)c(F)c3Cl)C2)C1. The van der Waals surface area contributed by atoms with E-state index in [4.69, 9.17) is 11.6 Å². The van der Waals surface area contributed by atoms with E-state index in [0.717, 1.165) is 37.8 Å². The Morgan fingerprint density at radius 1 is 1.25 bits per heavy atom. The second-order valence-electron chi connectivity index (χ2n) is 8.82. The highest BCUT2D eigenvalue weighted by Crippen LogP contribution is 2.49. The Bertz CT molecular complexity index is 1150. The zero-order valence-electron chi connectivity index (χ0n) is 17.7. The second-order valence-corrected chi connectivity index (χ2v) is 10.8. The van der Waals surface area contributed by atoms with Gasteiger partial charge in [0.1, 0.15) is 16.7 Å². The molecule has 6 nitrogen and oxygen atoms in total. The third-order valence-electron chi connectivity index (χ3n) is 6.51. The number of hydrogen-bond acceptors (Lipinski definition) is 5. The number of hydrogen-bond donors (Lipinski definition) is 1. The predicted molar refractivity (Wildman–Crippen MR) is 117 cm³/mol. The molecule has 1 aliphatic heterocycles. The first kappa shape index (κ1) is 23.1. The molecule has 32 heavy (non-hydrogen) atoms. The maximum Gasteiger partial charge on any atom is 0.268 e. The fourth-order valence-corrected chi connectivity index (χ4v) is 6.29. The lowest BCUT2D eigenvalue weighted by molar-refractivity contribution is 0.259. The summed E-state index contributed by atoms with van der Waals surface area (Å²) in [7, 11) is -0.638. The van der Waals surface area contributed by atoms with Gasteiger partial charge < -0.3 is 9.80 Å². The molecule has 11 heteroatoms. The molecule has 1 aliphatic carbocycles. The van der Waals surface area contributed by atoms with Gasteiger partial charge in [-0.3, -0.25) is 4.72 Å². The van der Waals surface area contributed by atoms with Crippen molar-refractivity contribution in [3.63, 3.8) is 0 Å². The Kier molecular flexibility index (Phi) is 6.06. The first-order valence-corrected chi connectivity index (χ1v) is 12.1. The lowest BCUT2D eigenvalue weighted by Crippen LogP contribution is -2.30. The number of rotatable bonds is 5. The van der Waals surface area contributed by atoms with Gasteiger partial charge >= 0.3 is 0 Å². The fraction of sp³-hybridized carbons (Fsp3) is 0.476. The number of anilines is 2. The van der Waals surface area contributed by atoms with Gasteiger partial charge in [0.15, 0.2) is 10.7 Å². The molecule has 2 fully saturated rings. The van der Waals surface area contributed by atoms with Crippen LogP contribution in [-0.4, -0.2) is 51.5 Å². The highest BCUT2D eigenvalue weighted by Gasteiger charge is 2.45. The summed E-state index contributed by atoms with van der Waals surface area (Å²) >= 11 is 6.20. The molecule has 1 spiro atoms. The van der Waals surface area contributed by atoms with Crippen molar-refractivity contribution < 1.29 is 21.6 Å².